The summed E-state index contributed by atoms with van der Waals surface area (Å²) in [6.45, 7) is 3.75. The maximum absolute atomic E-state index is 12.1. The average Bonchev–Trinajstić information content (AvgIpc) is 2.53. The standard InChI is InChI=1S/C15H17N3O2S/c1-3-13-4-6-15(7-5-13)21(19,20)18-17-12(2)14-8-10-16-11-9-14/h4-11,18H,3H2,1-2H3/b17-12-. The highest BCUT2D eigenvalue weighted by Gasteiger charge is 2.12. The van der Waals surface area contributed by atoms with Crippen LogP contribution in [0.2, 0.25) is 0 Å². The van der Waals surface area contributed by atoms with Gasteiger partial charge in [0.15, 0.2) is 0 Å². The number of rotatable bonds is 5. The maximum atomic E-state index is 12.1. The number of aryl methyl sites for hydroxylation is 1. The summed E-state index contributed by atoms with van der Waals surface area (Å²) < 4.78 is 24.3. The Kier molecular flexibility index (Phi) is 4.70. The van der Waals surface area contributed by atoms with Crippen LogP contribution < -0.4 is 4.83 Å². The van der Waals surface area contributed by atoms with Crippen LogP contribution in [-0.2, 0) is 16.4 Å². The highest BCUT2D eigenvalue weighted by atomic mass is 32.2. The minimum Gasteiger partial charge on any atom is -0.265 e. The summed E-state index contributed by atoms with van der Waals surface area (Å²) in [5, 5.41) is 3.94. The largest absolute Gasteiger partial charge is 0.276 e. The van der Waals surface area contributed by atoms with Crippen molar-refractivity contribution in [1.82, 2.24) is 9.82 Å². The first-order chi connectivity index (χ1) is 10.0. The predicted octanol–water partition coefficient (Wildman–Crippen LogP) is 2.35. The molecule has 2 rings (SSSR count). The number of nitrogens with one attached hydrogen (secondary N) is 1. The van der Waals surface area contributed by atoms with Crippen molar-refractivity contribution >= 4 is 15.7 Å². The number of nitrogens with zero attached hydrogens (tertiary/aromatic N) is 2. The SMILES string of the molecule is CCc1ccc(S(=O)(=O)N/N=C(/C)c2ccncc2)cc1. The summed E-state index contributed by atoms with van der Waals surface area (Å²) in [5.74, 6) is 0. The molecule has 0 radical (unpaired) electrons. The molecule has 0 aliphatic carbocycles. The molecule has 6 heteroatoms. The van der Waals surface area contributed by atoms with Gasteiger partial charge >= 0.3 is 0 Å². The van der Waals surface area contributed by atoms with E-state index >= 15 is 0 Å². The first-order valence-corrected chi connectivity index (χ1v) is 8.06. The molecule has 1 aromatic carbocycles. The van der Waals surface area contributed by atoms with E-state index in [9.17, 15) is 8.42 Å². The van der Waals surface area contributed by atoms with Gasteiger partial charge in [0.05, 0.1) is 10.6 Å². The van der Waals surface area contributed by atoms with Crippen LogP contribution in [0.3, 0.4) is 0 Å². The lowest BCUT2D eigenvalue weighted by atomic mass is 10.2. The molecule has 0 unspecified atom stereocenters. The first-order valence-electron chi connectivity index (χ1n) is 6.58. The molecule has 1 N–H and O–H groups in total. The molecule has 0 atom stereocenters. The number of hydrogen-bond donors (Lipinski definition) is 1. The minimum absolute atomic E-state index is 0.200. The zero-order valence-electron chi connectivity index (χ0n) is 11.9. The summed E-state index contributed by atoms with van der Waals surface area (Å²) in [6.07, 6.45) is 4.13. The lowest BCUT2D eigenvalue weighted by Gasteiger charge is -2.06. The maximum Gasteiger partial charge on any atom is 0.276 e. The van der Waals surface area contributed by atoms with Gasteiger partial charge in [-0.2, -0.15) is 18.4 Å². The van der Waals surface area contributed by atoms with Gasteiger partial charge in [-0.05, 0) is 43.2 Å². The van der Waals surface area contributed by atoms with Crippen LogP contribution in [0.15, 0.2) is 58.8 Å². The van der Waals surface area contributed by atoms with Gasteiger partial charge in [0, 0.05) is 18.0 Å². The molecule has 5 nitrogen and oxygen atoms in total. The molecule has 0 saturated heterocycles. The Morgan fingerprint density at radius 2 is 1.76 bits per heavy atom. The first kappa shape index (κ1) is 15.2. The van der Waals surface area contributed by atoms with Gasteiger partial charge in [0.2, 0.25) is 0 Å². The smallest absolute Gasteiger partial charge is 0.265 e. The summed E-state index contributed by atoms with van der Waals surface area (Å²) in [5.41, 5.74) is 2.48. The number of pyridine rings is 1. The molecule has 0 aliphatic rings. The van der Waals surface area contributed by atoms with E-state index in [1.165, 1.54) is 0 Å². The average molecular weight is 303 g/mol. The highest BCUT2D eigenvalue weighted by molar-refractivity contribution is 7.89. The highest BCUT2D eigenvalue weighted by Crippen LogP contribution is 2.11. The second-order valence-electron chi connectivity index (χ2n) is 4.53. The third kappa shape index (κ3) is 3.88. The topological polar surface area (TPSA) is 71.4 Å². The predicted molar refractivity (Wildman–Crippen MR) is 82.6 cm³/mol. The monoisotopic (exact) mass is 303 g/mol. The molecule has 110 valence electrons. The van der Waals surface area contributed by atoms with Gasteiger partial charge in [-0.1, -0.05) is 19.1 Å². The van der Waals surface area contributed by atoms with Crippen molar-refractivity contribution in [3.63, 3.8) is 0 Å². The Hall–Kier alpha value is -2.21. The lowest BCUT2D eigenvalue weighted by molar-refractivity contribution is 0.584. The summed E-state index contributed by atoms with van der Waals surface area (Å²) in [4.78, 5) is 6.36. The molecule has 1 aromatic heterocycles. The fourth-order valence-corrected chi connectivity index (χ4v) is 2.60. The van der Waals surface area contributed by atoms with Crippen molar-refractivity contribution in [2.24, 2.45) is 5.10 Å². The Balaban J connectivity index is 2.17. The molecule has 21 heavy (non-hydrogen) atoms. The minimum atomic E-state index is -3.64. The number of hydrazone groups is 1. The van der Waals surface area contributed by atoms with E-state index in [0.29, 0.717) is 5.71 Å². The van der Waals surface area contributed by atoms with Crippen LogP contribution in [0.5, 0.6) is 0 Å². The zero-order valence-corrected chi connectivity index (χ0v) is 12.8. The normalized spacial score (nSPS) is 12.2. The van der Waals surface area contributed by atoms with Crippen molar-refractivity contribution in [1.29, 1.82) is 0 Å². The molecule has 0 saturated carbocycles. The van der Waals surface area contributed by atoms with Crippen LogP contribution in [0.1, 0.15) is 25.0 Å². The second-order valence-corrected chi connectivity index (χ2v) is 6.19. The molecule has 1 heterocycles. The van der Waals surface area contributed by atoms with E-state index in [2.05, 4.69) is 14.9 Å². The summed E-state index contributed by atoms with van der Waals surface area (Å²) in [7, 11) is -3.64. The van der Waals surface area contributed by atoms with Crippen molar-refractivity contribution in [2.45, 2.75) is 25.2 Å². The Morgan fingerprint density at radius 1 is 1.14 bits per heavy atom. The van der Waals surface area contributed by atoms with Crippen molar-refractivity contribution < 1.29 is 8.42 Å². The fraction of sp³-hybridized carbons (Fsp3) is 0.200. The zero-order chi connectivity index (χ0) is 15.3. The molecular formula is C15H17N3O2S. The molecule has 0 spiro atoms. The van der Waals surface area contributed by atoms with Gasteiger partial charge in [0.25, 0.3) is 10.0 Å². The van der Waals surface area contributed by atoms with Gasteiger partial charge in [-0.15, -0.1) is 0 Å². The Morgan fingerprint density at radius 3 is 2.33 bits per heavy atom. The van der Waals surface area contributed by atoms with E-state index in [1.807, 2.05) is 6.92 Å². The van der Waals surface area contributed by atoms with Crippen molar-refractivity contribution in [2.75, 3.05) is 0 Å². The Labute approximate surface area is 124 Å². The van der Waals surface area contributed by atoms with Crippen molar-refractivity contribution in [3.05, 3.63) is 59.9 Å². The molecule has 0 amide bonds. The second kappa shape index (κ2) is 6.49. The third-order valence-corrected chi connectivity index (χ3v) is 4.30. The van der Waals surface area contributed by atoms with Crippen LogP contribution in [0, 0.1) is 0 Å². The van der Waals surface area contributed by atoms with E-state index < -0.39 is 10.0 Å². The summed E-state index contributed by atoms with van der Waals surface area (Å²) in [6, 6.07) is 10.3. The number of sulfonamides is 1. The van der Waals surface area contributed by atoms with Crippen LogP contribution >= 0.6 is 0 Å². The van der Waals surface area contributed by atoms with Crippen LogP contribution in [0.25, 0.3) is 0 Å². The quantitative estimate of drug-likeness (QED) is 0.681. The summed E-state index contributed by atoms with van der Waals surface area (Å²) >= 11 is 0. The van der Waals surface area contributed by atoms with E-state index in [-0.39, 0.29) is 4.90 Å². The van der Waals surface area contributed by atoms with Crippen LogP contribution in [-0.4, -0.2) is 19.1 Å². The lowest BCUT2D eigenvalue weighted by Crippen LogP contribution is -2.20. The number of benzene rings is 1. The van der Waals surface area contributed by atoms with Crippen molar-refractivity contribution in [3.8, 4) is 0 Å². The number of hydrogen-bond acceptors (Lipinski definition) is 4. The molecular weight excluding hydrogens is 286 g/mol. The molecule has 0 bridgehead atoms. The van der Waals surface area contributed by atoms with Gasteiger partial charge in [0.1, 0.15) is 0 Å². The Bertz CT molecular complexity index is 723. The van der Waals surface area contributed by atoms with Gasteiger partial charge in [-0.3, -0.25) is 4.98 Å². The molecule has 0 aliphatic heterocycles. The van der Waals surface area contributed by atoms with E-state index in [0.717, 1.165) is 17.5 Å². The molecule has 0 fully saturated rings. The fourth-order valence-electron chi connectivity index (χ4n) is 1.74. The van der Waals surface area contributed by atoms with Crippen LogP contribution in [0.4, 0.5) is 0 Å². The number of aromatic nitrogens is 1. The molecule has 2 aromatic rings. The van der Waals surface area contributed by atoms with E-state index in [1.54, 1.807) is 55.7 Å². The van der Waals surface area contributed by atoms with Gasteiger partial charge in [-0.25, -0.2) is 0 Å². The van der Waals surface area contributed by atoms with Gasteiger partial charge < -0.3 is 0 Å². The third-order valence-electron chi connectivity index (χ3n) is 3.07. The van der Waals surface area contributed by atoms with E-state index in [4.69, 9.17) is 0 Å².